The summed E-state index contributed by atoms with van der Waals surface area (Å²) >= 11 is 2.20. The number of nitrogens with zero attached hydrogens (tertiary/aromatic N) is 1. The van der Waals surface area contributed by atoms with E-state index in [1.54, 1.807) is 6.07 Å². The van der Waals surface area contributed by atoms with Gasteiger partial charge >= 0.3 is 10.2 Å². The number of halogens is 1. The number of piperazine rings is 1. The fourth-order valence-electron chi connectivity index (χ4n) is 1.81. The predicted octanol–water partition coefficient (Wildman–Crippen LogP) is 1.16. The number of benzene rings is 1. The summed E-state index contributed by atoms with van der Waals surface area (Å²) in [7, 11) is -3.44. The van der Waals surface area contributed by atoms with Crippen LogP contribution in [0, 0.1) is 10.5 Å². The molecule has 100 valence electrons. The zero-order chi connectivity index (χ0) is 13.2. The highest BCUT2D eigenvalue weighted by Crippen LogP contribution is 2.22. The molecule has 0 aliphatic carbocycles. The van der Waals surface area contributed by atoms with E-state index in [1.807, 2.05) is 19.1 Å². The van der Waals surface area contributed by atoms with Crippen molar-refractivity contribution in [2.45, 2.75) is 6.92 Å². The molecule has 1 aliphatic heterocycles. The van der Waals surface area contributed by atoms with Crippen LogP contribution in [0.3, 0.4) is 0 Å². The van der Waals surface area contributed by atoms with Crippen molar-refractivity contribution in [3.8, 4) is 0 Å². The van der Waals surface area contributed by atoms with Gasteiger partial charge in [-0.25, -0.2) is 0 Å². The predicted molar refractivity (Wildman–Crippen MR) is 80.9 cm³/mol. The third-order valence-corrected chi connectivity index (χ3v) is 5.61. The van der Waals surface area contributed by atoms with Crippen molar-refractivity contribution in [1.82, 2.24) is 9.62 Å². The molecule has 0 aromatic heterocycles. The SMILES string of the molecule is Cc1c(I)cccc1NS(=O)(=O)N1CCNCC1. The molecule has 18 heavy (non-hydrogen) atoms. The molecule has 1 heterocycles. The number of anilines is 1. The molecule has 1 aliphatic rings. The average molecular weight is 381 g/mol. The highest BCUT2D eigenvalue weighted by atomic mass is 127. The molecule has 1 aromatic rings. The topological polar surface area (TPSA) is 61.4 Å². The molecule has 0 spiro atoms. The lowest BCUT2D eigenvalue weighted by Gasteiger charge is -2.27. The van der Waals surface area contributed by atoms with E-state index in [0.717, 1.165) is 9.13 Å². The Balaban J connectivity index is 2.19. The zero-order valence-electron chi connectivity index (χ0n) is 10.1. The summed E-state index contributed by atoms with van der Waals surface area (Å²) in [5, 5.41) is 3.14. The summed E-state index contributed by atoms with van der Waals surface area (Å²) in [6.07, 6.45) is 0. The van der Waals surface area contributed by atoms with Crippen LogP contribution in [0.15, 0.2) is 18.2 Å². The van der Waals surface area contributed by atoms with Gasteiger partial charge in [0.25, 0.3) is 0 Å². The van der Waals surface area contributed by atoms with Crippen molar-refractivity contribution in [2.75, 3.05) is 30.9 Å². The molecular formula is C11H16IN3O2S. The van der Waals surface area contributed by atoms with E-state index in [1.165, 1.54) is 4.31 Å². The number of hydrogen-bond acceptors (Lipinski definition) is 3. The van der Waals surface area contributed by atoms with Crippen LogP contribution in [-0.4, -0.2) is 38.9 Å². The van der Waals surface area contributed by atoms with Crippen LogP contribution in [0.1, 0.15) is 5.56 Å². The second kappa shape index (κ2) is 5.72. The van der Waals surface area contributed by atoms with Crippen LogP contribution in [0.5, 0.6) is 0 Å². The van der Waals surface area contributed by atoms with Gasteiger partial charge in [0.2, 0.25) is 0 Å². The quantitative estimate of drug-likeness (QED) is 0.773. The summed E-state index contributed by atoms with van der Waals surface area (Å²) in [6.45, 7) is 4.34. The van der Waals surface area contributed by atoms with Gasteiger partial charge in [-0.2, -0.15) is 12.7 Å². The van der Waals surface area contributed by atoms with E-state index in [4.69, 9.17) is 0 Å². The second-order valence-electron chi connectivity index (χ2n) is 4.17. The number of hydrogen-bond donors (Lipinski definition) is 2. The van der Waals surface area contributed by atoms with E-state index in [9.17, 15) is 8.42 Å². The largest absolute Gasteiger partial charge is 0.314 e. The van der Waals surface area contributed by atoms with Crippen LogP contribution in [-0.2, 0) is 10.2 Å². The van der Waals surface area contributed by atoms with Crippen LogP contribution < -0.4 is 10.0 Å². The Hall–Kier alpha value is -0.380. The summed E-state index contributed by atoms with van der Waals surface area (Å²) in [4.78, 5) is 0. The molecule has 0 amide bonds. The van der Waals surface area contributed by atoms with Crippen LogP contribution in [0.25, 0.3) is 0 Å². The number of nitrogens with one attached hydrogen (secondary N) is 2. The third kappa shape index (κ3) is 3.14. The molecule has 0 bridgehead atoms. The smallest absolute Gasteiger partial charge is 0.301 e. The van der Waals surface area contributed by atoms with Crippen molar-refractivity contribution < 1.29 is 8.42 Å². The first-order chi connectivity index (χ1) is 8.50. The van der Waals surface area contributed by atoms with Crippen molar-refractivity contribution in [2.24, 2.45) is 0 Å². The third-order valence-electron chi connectivity index (χ3n) is 2.92. The average Bonchev–Trinajstić information content (AvgIpc) is 2.36. The van der Waals surface area contributed by atoms with Gasteiger partial charge in [0.05, 0.1) is 5.69 Å². The van der Waals surface area contributed by atoms with Gasteiger partial charge in [-0.3, -0.25) is 4.72 Å². The maximum Gasteiger partial charge on any atom is 0.301 e. The summed E-state index contributed by atoms with van der Waals surface area (Å²) in [5.74, 6) is 0. The summed E-state index contributed by atoms with van der Waals surface area (Å²) in [6, 6.07) is 5.60. The van der Waals surface area contributed by atoms with E-state index >= 15 is 0 Å². The minimum atomic E-state index is -3.44. The maximum absolute atomic E-state index is 12.2. The maximum atomic E-state index is 12.2. The fraction of sp³-hybridized carbons (Fsp3) is 0.455. The molecule has 1 aromatic carbocycles. The van der Waals surface area contributed by atoms with Crippen molar-refractivity contribution in [1.29, 1.82) is 0 Å². The molecule has 7 heteroatoms. The summed E-state index contributed by atoms with van der Waals surface area (Å²) < 4.78 is 29.6. The van der Waals surface area contributed by atoms with Gasteiger partial charge in [0, 0.05) is 29.7 Å². The second-order valence-corrected chi connectivity index (χ2v) is 7.00. The molecule has 0 unspecified atom stereocenters. The van der Waals surface area contributed by atoms with Gasteiger partial charge in [0.1, 0.15) is 0 Å². The Kier molecular flexibility index (Phi) is 4.46. The molecule has 2 rings (SSSR count). The Morgan fingerprint density at radius 1 is 1.33 bits per heavy atom. The molecule has 0 saturated carbocycles. The Bertz CT molecular complexity index is 527. The molecule has 1 saturated heterocycles. The molecule has 0 atom stereocenters. The monoisotopic (exact) mass is 381 g/mol. The van der Waals surface area contributed by atoms with Gasteiger partial charge < -0.3 is 5.32 Å². The minimum Gasteiger partial charge on any atom is -0.314 e. The van der Waals surface area contributed by atoms with Gasteiger partial charge in [0.15, 0.2) is 0 Å². The van der Waals surface area contributed by atoms with Crippen molar-refractivity contribution >= 4 is 38.5 Å². The molecule has 2 N–H and O–H groups in total. The first kappa shape index (κ1) is 14.0. The normalized spacial score (nSPS) is 17.7. The van der Waals surface area contributed by atoms with Crippen molar-refractivity contribution in [3.63, 3.8) is 0 Å². The minimum absolute atomic E-state index is 0.512. The van der Waals surface area contributed by atoms with E-state index in [0.29, 0.717) is 31.9 Å². The first-order valence-corrected chi connectivity index (χ1v) is 8.26. The standard InChI is InChI=1S/C11H16IN3O2S/c1-9-10(12)3-2-4-11(9)14-18(16,17)15-7-5-13-6-8-15/h2-4,13-14H,5-8H2,1H3. The highest BCUT2D eigenvalue weighted by molar-refractivity contribution is 14.1. The molecular weight excluding hydrogens is 365 g/mol. The Labute approximate surface area is 121 Å². The van der Waals surface area contributed by atoms with Gasteiger partial charge in [-0.05, 0) is 47.2 Å². The Morgan fingerprint density at radius 3 is 2.67 bits per heavy atom. The lowest BCUT2D eigenvalue weighted by Crippen LogP contribution is -2.48. The van der Waals surface area contributed by atoms with Gasteiger partial charge in [-0.1, -0.05) is 6.07 Å². The van der Waals surface area contributed by atoms with Gasteiger partial charge in [-0.15, -0.1) is 0 Å². The zero-order valence-corrected chi connectivity index (χ0v) is 13.1. The van der Waals surface area contributed by atoms with Crippen LogP contribution in [0.2, 0.25) is 0 Å². The van der Waals surface area contributed by atoms with Crippen LogP contribution in [0.4, 0.5) is 5.69 Å². The van der Waals surface area contributed by atoms with Crippen LogP contribution >= 0.6 is 22.6 Å². The van der Waals surface area contributed by atoms with E-state index in [-0.39, 0.29) is 0 Å². The van der Waals surface area contributed by atoms with Crippen molar-refractivity contribution in [3.05, 3.63) is 27.3 Å². The molecule has 1 fully saturated rings. The fourth-order valence-corrected chi connectivity index (χ4v) is 3.60. The highest BCUT2D eigenvalue weighted by Gasteiger charge is 2.24. The Morgan fingerprint density at radius 2 is 2.00 bits per heavy atom. The first-order valence-electron chi connectivity index (χ1n) is 5.74. The summed E-state index contributed by atoms with van der Waals surface area (Å²) in [5.41, 5.74) is 1.61. The molecule has 5 nitrogen and oxygen atoms in total. The van der Waals surface area contributed by atoms with E-state index in [2.05, 4.69) is 32.6 Å². The lowest BCUT2D eigenvalue weighted by molar-refractivity contribution is 0.362. The molecule has 0 radical (unpaired) electrons. The number of rotatable bonds is 3. The lowest BCUT2D eigenvalue weighted by atomic mass is 10.2. The van der Waals surface area contributed by atoms with E-state index < -0.39 is 10.2 Å².